The molecule has 2 bridgehead atoms. The van der Waals surface area contributed by atoms with Gasteiger partial charge < -0.3 is 19.8 Å². The molecule has 3 aliphatic rings. The van der Waals surface area contributed by atoms with Crippen LogP contribution in [-0.2, 0) is 14.4 Å². The number of rotatable bonds is 11. The summed E-state index contributed by atoms with van der Waals surface area (Å²) in [5, 5.41) is 10.5. The van der Waals surface area contributed by atoms with Gasteiger partial charge in [0.2, 0.25) is 11.8 Å². The summed E-state index contributed by atoms with van der Waals surface area (Å²) in [6.07, 6.45) is 5.27. The minimum Gasteiger partial charge on any atom is -0.394 e. The molecule has 7 nitrogen and oxygen atoms in total. The Labute approximate surface area is 259 Å². The third-order valence-electron chi connectivity index (χ3n) is 9.72. The van der Waals surface area contributed by atoms with E-state index in [2.05, 4.69) is 20.1 Å². The zero-order valence-electron chi connectivity index (χ0n) is 25.7. The monoisotopic (exact) mass is 601 g/mol. The molecule has 0 radical (unpaired) electrons. The van der Waals surface area contributed by atoms with Crippen molar-refractivity contribution in [3.8, 4) is 0 Å². The van der Waals surface area contributed by atoms with E-state index in [9.17, 15) is 19.5 Å². The summed E-state index contributed by atoms with van der Waals surface area (Å²) in [6.45, 7) is 16.1. The molecule has 0 aliphatic carbocycles. The predicted octanol–water partition coefficient (Wildman–Crippen LogP) is 5.29. The Balaban J connectivity index is 1.65. The molecule has 6 atom stereocenters. The second-order valence-corrected chi connectivity index (χ2v) is 14.2. The van der Waals surface area contributed by atoms with Crippen LogP contribution in [0.5, 0.6) is 0 Å². The first-order valence-corrected chi connectivity index (χ1v) is 16.0. The molecule has 228 valence electrons. The summed E-state index contributed by atoms with van der Waals surface area (Å²) < 4.78 is -1.31. The van der Waals surface area contributed by atoms with E-state index in [1.807, 2.05) is 69.3 Å². The number of aliphatic hydroxyl groups excluding tert-OH is 1. The van der Waals surface area contributed by atoms with Gasteiger partial charge in [-0.15, -0.1) is 24.9 Å². The van der Waals surface area contributed by atoms with Gasteiger partial charge >= 0.3 is 0 Å². The molecule has 3 saturated heterocycles. The molecule has 3 aliphatic heterocycles. The molecule has 3 heterocycles. The lowest BCUT2D eigenvalue weighted by Crippen LogP contribution is -2.57. The van der Waals surface area contributed by atoms with Gasteiger partial charge in [0.1, 0.15) is 6.04 Å². The van der Waals surface area contributed by atoms with Crippen LogP contribution in [0.1, 0.15) is 44.2 Å². The minimum atomic E-state index is -0.824. The number of fused-ring (bicyclic) bond motifs is 1. The molecule has 1 N–H and O–H groups in total. The Morgan fingerprint density at radius 3 is 2.23 bits per heavy atom. The Hall–Kier alpha value is -3.36. The fraction of sp³-hybridized carbons (Fsp3) is 0.457. The fourth-order valence-electron chi connectivity index (χ4n) is 7.85. The van der Waals surface area contributed by atoms with Crippen LogP contribution in [0.4, 0.5) is 11.4 Å². The summed E-state index contributed by atoms with van der Waals surface area (Å²) in [4.78, 5) is 49.4. The van der Waals surface area contributed by atoms with Crippen LogP contribution in [0.15, 0.2) is 73.8 Å². The number of nitrogens with zero attached hydrogens (tertiary/aromatic N) is 3. The molecule has 3 fully saturated rings. The first-order chi connectivity index (χ1) is 20.6. The molecule has 2 aromatic rings. The quantitative estimate of drug-likeness (QED) is 0.354. The maximum atomic E-state index is 15.0. The number of hydrogen-bond donors (Lipinski definition) is 1. The number of aliphatic hydroxyl groups is 1. The maximum Gasteiger partial charge on any atom is 0.251 e. The lowest BCUT2D eigenvalue weighted by atomic mass is 9.66. The lowest BCUT2D eigenvalue weighted by Gasteiger charge is -2.40. The average Bonchev–Trinajstić information content (AvgIpc) is 3.56. The number of amides is 3. The molecule has 2 aromatic carbocycles. The highest BCUT2D eigenvalue weighted by Crippen LogP contribution is 2.72. The smallest absolute Gasteiger partial charge is 0.251 e. The maximum absolute atomic E-state index is 15.0. The van der Waals surface area contributed by atoms with Crippen molar-refractivity contribution in [2.24, 2.45) is 11.8 Å². The van der Waals surface area contributed by atoms with E-state index in [1.165, 1.54) is 0 Å². The summed E-state index contributed by atoms with van der Waals surface area (Å²) >= 11 is 1.65. The van der Waals surface area contributed by atoms with E-state index < -0.39 is 33.4 Å². The molecule has 3 amide bonds. The molecule has 0 saturated carbocycles. The zero-order chi connectivity index (χ0) is 31.1. The van der Waals surface area contributed by atoms with Gasteiger partial charge in [-0.25, -0.2) is 0 Å². The molecule has 2 unspecified atom stereocenters. The topological polar surface area (TPSA) is 81.2 Å². The van der Waals surface area contributed by atoms with Crippen molar-refractivity contribution < 1.29 is 19.5 Å². The van der Waals surface area contributed by atoms with Crippen molar-refractivity contribution >= 4 is 40.9 Å². The van der Waals surface area contributed by atoms with Gasteiger partial charge in [0, 0.05) is 29.2 Å². The first-order valence-electron chi connectivity index (χ1n) is 15.2. The highest BCUT2D eigenvalue weighted by Gasteiger charge is 2.78. The van der Waals surface area contributed by atoms with Gasteiger partial charge in [-0.3, -0.25) is 14.4 Å². The number of carbonyl (C=O) groups is 3. The largest absolute Gasteiger partial charge is 0.394 e. The Morgan fingerprint density at radius 2 is 1.65 bits per heavy atom. The van der Waals surface area contributed by atoms with Gasteiger partial charge in [0.25, 0.3) is 5.91 Å². The number of anilines is 2. The number of benzene rings is 2. The summed E-state index contributed by atoms with van der Waals surface area (Å²) in [5.41, 5.74) is 3.48. The van der Waals surface area contributed by atoms with Crippen LogP contribution in [0.3, 0.4) is 0 Å². The summed E-state index contributed by atoms with van der Waals surface area (Å²) in [7, 11) is 0. The van der Waals surface area contributed by atoms with E-state index in [0.717, 1.165) is 22.5 Å². The predicted molar refractivity (Wildman–Crippen MR) is 174 cm³/mol. The van der Waals surface area contributed by atoms with Crippen molar-refractivity contribution in [2.75, 3.05) is 29.5 Å². The van der Waals surface area contributed by atoms with Gasteiger partial charge in [-0.2, -0.15) is 0 Å². The second kappa shape index (κ2) is 12.0. The zero-order valence-corrected chi connectivity index (χ0v) is 26.5. The van der Waals surface area contributed by atoms with Gasteiger partial charge in [0.15, 0.2) is 0 Å². The Bertz CT molecular complexity index is 1410. The molecule has 0 aromatic heterocycles. The van der Waals surface area contributed by atoms with Crippen LogP contribution in [0.25, 0.3) is 0 Å². The third kappa shape index (κ3) is 4.83. The van der Waals surface area contributed by atoms with Crippen molar-refractivity contribution in [2.45, 2.75) is 68.5 Å². The fourth-order valence-corrected chi connectivity index (χ4v) is 10.2. The summed E-state index contributed by atoms with van der Waals surface area (Å²) in [6, 6.07) is 14.1. The molecule has 43 heavy (non-hydrogen) atoms. The number of aryl methyl sites for hydroxylation is 2. The summed E-state index contributed by atoms with van der Waals surface area (Å²) in [5.74, 6) is -1.82. The van der Waals surface area contributed by atoms with E-state index in [0.29, 0.717) is 25.8 Å². The standard InChI is InChI=1S/C35H43N3O4S/c1-7-20-36(26-16-11-10-12-17-26)31(40)27-28-32(41)38(25(9-3)22-39)30(35(28)19-18-34(27,6)43-35)33(42)37(21-8-2)29-23(4)14-13-15-24(29)5/h7-8,10-17,25,27-28,30,39H,1-2,9,18-22H2,3-6H3/t25-,27-,28-,30?,34+,35?/m0/s1. The van der Waals surface area contributed by atoms with Crippen molar-refractivity contribution in [3.05, 3.63) is 85.0 Å². The second-order valence-electron chi connectivity index (χ2n) is 12.3. The van der Waals surface area contributed by atoms with Crippen molar-refractivity contribution in [1.82, 2.24) is 4.90 Å². The lowest BCUT2D eigenvalue weighted by molar-refractivity contribution is -0.142. The van der Waals surface area contributed by atoms with E-state index >= 15 is 0 Å². The molecule has 1 spiro atoms. The number of hydrogen-bond acceptors (Lipinski definition) is 5. The number of likely N-dealkylation sites (tertiary alicyclic amines) is 1. The Kier molecular flexibility index (Phi) is 8.65. The van der Waals surface area contributed by atoms with Crippen LogP contribution >= 0.6 is 11.8 Å². The van der Waals surface area contributed by atoms with Crippen LogP contribution < -0.4 is 9.80 Å². The van der Waals surface area contributed by atoms with Gasteiger partial charge in [-0.1, -0.05) is 55.5 Å². The Morgan fingerprint density at radius 1 is 1.02 bits per heavy atom. The molecular weight excluding hydrogens is 558 g/mol. The average molecular weight is 602 g/mol. The molecule has 5 rings (SSSR count). The minimum absolute atomic E-state index is 0.121. The third-order valence-corrected chi connectivity index (χ3v) is 11.7. The van der Waals surface area contributed by atoms with Gasteiger partial charge in [-0.05, 0) is 63.3 Å². The molecule has 8 heteroatoms. The van der Waals surface area contributed by atoms with Crippen molar-refractivity contribution in [3.63, 3.8) is 0 Å². The van der Waals surface area contributed by atoms with E-state index in [4.69, 9.17) is 0 Å². The van der Waals surface area contributed by atoms with Crippen LogP contribution in [0, 0.1) is 25.7 Å². The number of thioether (sulfide) groups is 1. The van der Waals surface area contributed by atoms with Crippen LogP contribution in [0.2, 0.25) is 0 Å². The number of carbonyl (C=O) groups excluding carboxylic acids is 3. The van der Waals surface area contributed by atoms with E-state index in [-0.39, 0.29) is 30.9 Å². The highest BCUT2D eigenvalue weighted by atomic mass is 32.2. The van der Waals surface area contributed by atoms with E-state index in [1.54, 1.807) is 38.6 Å². The van der Waals surface area contributed by atoms with Crippen molar-refractivity contribution in [1.29, 1.82) is 0 Å². The number of para-hydroxylation sites is 2. The first kappa shape index (κ1) is 31.1. The van der Waals surface area contributed by atoms with Gasteiger partial charge in [0.05, 0.1) is 29.2 Å². The highest BCUT2D eigenvalue weighted by molar-refractivity contribution is 8.02. The molecular formula is C35H43N3O4S. The normalized spacial score (nSPS) is 28.0. The SMILES string of the molecule is C=CCN(C(=O)[C@@H]1[C@H]2C(=O)N([C@@H](CC)CO)C(C(=O)N(CC=C)c3c(C)cccc3C)C23CC[C@@]1(C)S3)c1ccccc1. The van der Waals surface area contributed by atoms with Crippen LogP contribution in [-0.4, -0.2) is 69.0 Å².